The van der Waals surface area contributed by atoms with Gasteiger partial charge in [0.05, 0.1) is 0 Å². The second kappa shape index (κ2) is 5.91. The van der Waals surface area contributed by atoms with Crippen molar-refractivity contribution in [1.82, 2.24) is 9.78 Å². The zero-order valence-corrected chi connectivity index (χ0v) is 10.00. The van der Waals surface area contributed by atoms with Crippen molar-refractivity contribution in [3.8, 4) is 0 Å². The van der Waals surface area contributed by atoms with Crippen molar-refractivity contribution in [2.75, 3.05) is 5.88 Å². The third kappa shape index (κ3) is 3.67. The molecular formula is C11H17ClN2O. The molecule has 15 heavy (non-hydrogen) atoms. The van der Waals surface area contributed by atoms with E-state index in [4.69, 9.17) is 11.6 Å². The van der Waals surface area contributed by atoms with Crippen LogP contribution >= 0.6 is 11.6 Å². The van der Waals surface area contributed by atoms with Crippen LogP contribution in [0.15, 0.2) is 12.3 Å². The number of rotatable bonds is 6. The molecule has 1 unspecified atom stereocenters. The zero-order chi connectivity index (χ0) is 11.3. The Labute approximate surface area is 95.4 Å². The minimum atomic E-state index is 0.0948. The van der Waals surface area contributed by atoms with Gasteiger partial charge in [-0.05, 0) is 32.3 Å². The van der Waals surface area contributed by atoms with Gasteiger partial charge in [0.1, 0.15) is 5.78 Å². The van der Waals surface area contributed by atoms with E-state index in [1.54, 1.807) is 13.1 Å². The number of alkyl halides is 1. The van der Waals surface area contributed by atoms with E-state index >= 15 is 0 Å². The normalized spacial score (nSPS) is 12.7. The van der Waals surface area contributed by atoms with Gasteiger partial charge >= 0.3 is 0 Å². The number of carbonyl (C=O) groups is 1. The molecule has 1 aromatic rings. The monoisotopic (exact) mass is 228 g/mol. The quantitative estimate of drug-likeness (QED) is 0.700. The Kier molecular flexibility index (Phi) is 4.82. The molecule has 0 N–H and O–H groups in total. The SMILES string of the molecule is CC(=O)C(CCCl)CCc1ccnn1C. The molecule has 0 saturated heterocycles. The molecule has 0 radical (unpaired) electrons. The molecule has 1 atom stereocenters. The number of aromatic nitrogens is 2. The van der Waals surface area contributed by atoms with Crippen LogP contribution < -0.4 is 0 Å². The van der Waals surface area contributed by atoms with Gasteiger partial charge in [-0.1, -0.05) is 0 Å². The summed E-state index contributed by atoms with van der Waals surface area (Å²) in [5.41, 5.74) is 1.16. The molecule has 0 aliphatic rings. The summed E-state index contributed by atoms with van der Waals surface area (Å²) in [5.74, 6) is 0.880. The summed E-state index contributed by atoms with van der Waals surface area (Å²) < 4.78 is 1.85. The van der Waals surface area contributed by atoms with E-state index in [9.17, 15) is 4.79 Å². The van der Waals surface area contributed by atoms with Gasteiger partial charge in [-0.3, -0.25) is 9.48 Å². The van der Waals surface area contributed by atoms with Crippen LogP contribution in [0.1, 0.15) is 25.5 Å². The predicted molar refractivity (Wildman–Crippen MR) is 61.0 cm³/mol. The Morgan fingerprint density at radius 3 is 2.80 bits per heavy atom. The number of halogens is 1. The van der Waals surface area contributed by atoms with Gasteiger partial charge in [0.25, 0.3) is 0 Å². The number of Topliss-reactive ketones (excluding diaryl/α,β-unsaturated/α-hetero) is 1. The van der Waals surface area contributed by atoms with Gasteiger partial charge in [-0.25, -0.2) is 0 Å². The van der Waals surface area contributed by atoms with Gasteiger partial charge in [-0.2, -0.15) is 5.10 Å². The molecule has 0 fully saturated rings. The molecule has 1 rings (SSSR count). The number of hydrogen-bond acceptors (Lipinski definition) is 2. The first kappa shape index (κ1) is 12.2. The van der Waals surface area contributed by atoms with E-state index in [2.05, 4.69) is 5.10 Å². The summed E-state index contributed by atoms with van der Waals surface area (Å²) in [6, 6.07) is 1.98. The van der Waals surface area contributed by atoms with Crippen molar-refractivity contribution in [2.45, 2.75) is 26.2 Å². The van der Waals surface area contributed by atoms with Crippen LogP contribution in [-0.2, 0) is 18.3 Å². The molecule has 84 valence electrons. The Balaban J connectivity index is 2.47. The summed E-state index contributed by atoms with van der Waals surface area (Å²) in [6.07, 6.45) is 4.30. The van der Waals surface area contributed by atoms with Crippen molar-refractivity contribution in [3.05, 3.63) is 18.0 Å². The van der Waals surface area contributed by atoms with E-state index < -0.39 is 0 Å². The lowest BCUT2D eigenvalue weighted by atomic mass is 9.95. The van der Waals surface area contributed by atoms with E-state index in [0.29, 0.717) is 5.88 Å². The maximum Gasteiger partial charge on any atom is 0.132 e. The fourth-order valence-electron chi connectivity index (χ4n) is 1.65. The second-order valence-electron chi connectivity index (χ2n) is 3.77. The van der Waals surface area contributed by atoms with Gasteiger partial charge < -0.3 is 0 Å². The fourth-order valence-corrected chi connectivity index (χ4v) is 1.91. The number of carbonyl (C=O) groups excluding carboxylic acids is 1. The molecule has 0 bridgehead atoms. The Hall–Kier alpha value is -0.830. The average Bonchev–Trinajstić information content (AvgIpc) is 2.58. The van der Waals surface area contributed by atoms with Crippen LogP contribution in [0, 0.1) is 5.92 Å². The lowest BCUT2D eigenvalue weighted by molar-refractivity contribution is -0.120. The molecular weight excluding hydrogens is 212 g/mol. The van der Waals surface area contributed by atoms with Gasteiger partial charge in [0.2, 0.25) is 0 Å². The highest BCUT2D eigenvalue weighted by molar-refractivity contribution is 6.18. The maximum absolute atomic E-state index is 11.3. The highest BCUT2D eigenvalue weighted by Crippen LogP contribution is 2.14. The lowest BCUT2D eigenvalue weighted by Crippen LogP contribution is -2.13. The summed E-state index contributed by atoms with van der Waals surface area (Å²) in [4.78, 5) is 11.3. The van der Waals surface area contributed by atoms with Crippen LogP contribution in [0.2, 0.25) is 0 Å². The molecule has 0 aliphatic heterocycles. The Morgan fingerprint density at radius 2 is 2.33 bits per heavy atom. The smallest absolute Gasteiger partial charge is 0.132 e. The molecule has 0 aromatic carbocycles. The van der Waals surface area contributed by atoms with Crippen molar-refractivity contribution < 1.29 is 4.79 Å². The van der Waals surface area contributed by atoms with Crippen molar-refractivity contribution >= 4 is 17.4 Å². The molecule has 0 aliphatic carbocycles. The van der Waals surface area contributed by atoms with E-state index in [0.717, 1.165) is 25.0 Å². The number of aryl methyl sites for hydroxylation is 2. The van der Waals surface area contributed by atoms with Crippen LogP contribution in [0.25, 0.3) is 0 Å². The summed E-state index contributed by atoms with van der Waals surface area (Å²) in [6.45, 7) is 1.64. The Bertz CT molecular complexity index is 322. The van der Waals surface area contributed by atoms with Gasteiger partial charge in [-0.15, -0.1) is 11.6 Å². The van der Waals surface area contributed by atoms with Crippen LogP contribution in [-0.4, -0.2) is 21.4 Å². The topological polar surface area (TPSA) is 34.9 Å². The average molecular weight is 229 g/mol. The van der Waals surface area contributed by atoms with Crippen molar-refractivity contribution in [2.24, 2.45) is 13.0 Å². The van der Waals surface area contributed by atoms with E-state index in [-0.39, 0.29) is 11.7 Å². The highest BCUT2D eigenvalue weighted by atomic mass is 35.5. The molecule has 1 aromatic heterocycles. The third-order valence-corrected chi connectivity index (χ3v) is 2.92. The second-order valence-corrected chi connectivity index (χ2v) is 4.15. The number of nitrogens with zero attached hydrogens (tertiary/aromatic N) is 2. The van der Waals surface area contributed by atoms with Gasteiger partial charge in [0, 0.05) is 30.7 Å². The first-order valence-corrected chi connectivity index (χ1v) is 5.72. The fraction of sp³-hybridized carbons (Fsp3) is 0.636. The predicted octanol–water partition coefficient (Wildman–Crippen LogP) is 2.19. The molecule has 0 amide bonds. The third-order valence-electron chi connectivity index (χ3n) is 2.70. The Morgan fingerprint density at radius 1 is 1.60 bits per heavy atom. The minimum absolute atomic E-state index is 0.0948. The number of ketones is 1. The zero-order valence-electron chi connectivity index (χ0n) is 9.24. The van der Waals surface area contributed by atoms with Crippen LogP contribution in [0.4, 0.5) is 0 Å². The highest BCUT2D eigenvalue weighted by Gasteiger charge is 2.14. The summed E-state index contributed by atoms with van der Waals surface area (Å²) in [7, 11) is 1.92. The van der Waals surface area contributed by atoms with E-state index in [1.807, 2.05) is 17.8 Å². The van der Waals surface area contributed by atoms with Crippen molar-refractivity contribution in [3.63, 3.8) is 0 Å². The molecule has 1 heterocycles. The molecule has 0 saturated carbocycles. The van der Waals surface area contributed by atoms with Crippen molar-refractivity contribution in [1.29, 1.82) is 0 Å². The first-order valence-electron chi connectivity index (χ1n) is 5.18. The summed E-state index contributed by atoms with van der Waals surface area (Å²) >= 11 is 5.66. The van der Waals surface area contributed by atoms with Crippen LogP contribution in [0.3, 0.4) is 0 Å². The minimum Gasteiger partial charge on any atom is -0.300 e. The maximum atomic E-state index is 11.3. The standard InChI is InChI=1S/C11H17ClN2O/c1-9(15)10(5-7-12)3-4-11-6-8-13-14(11)2/h6,8,10H,3-5,7H2,1-2H3. The molecule has 0 spiro atoms. The number of hydrogen-bond donors (Lipinski definition) is 0. The summed E-state index contributed by atoms with van der Waals surface area (Å²) in [5, 5.41) is 4.09. The lowest BCUT2D eigenvalue weighted by Gasteiger charge is -2.11. The van der Waals surface area contributed by atoms with Crippen LogP contribution in [0.5, 0.6) is 0 Å². The first-order chi connectivity index (χ1) is 7.15. The van der Waals surface area contributed by atoms with Gasteiger partial charge in [0.15, 0.2) is 0 Å². The molecule has 4 heteroatoms. The van der Waals surface area contributed by atoms with E-state index in [1.165, 1.54) is 0 Å². The molecule has 3 nitrogen and oxygen atoms in total. The largest absolute Gasteiger partial charge is 0.300 e.